The van der Waals surface area contributed by atoms with Crippen molar-refractivity contribution in [2.75, 3.05) is 16.0 Å². The molecule has 0 saturated carbocycles. The van der Waals surface area contributed by atoms with Crippen molar-refractivity contribution >= 4 is 91.5 Å². The van der Waals surface area contributed by atoms with Crippen LogP contribution < -0.4 is 21.6 Å². The fourth-order valence-corrected chi connectivity index (χ4v) is 4.25. The predicted octanol–water partition coefficient (Wildman–Crippen LogP) is 2.66. The van der Waals surface area contributed by atoms with E-state index in [0.29, 0.717) is 17.4 Å². The van der Waals surface area contributed by atoms with Gasteiger partial charge in [-0.1, -0.05) is 36.4 Å². The fraction of sp³-hybridized carbons (Fsp3) is 0.0417. The number of phenolic OH excluding ortho intramolecular Hbond substituents is 1. The number of aldehydes is 1. The highest BCUT2D eigenvalue weighted by Gasteiger charge is 2.20. The van der Waals surface area contributed by atoms with Crippen LogP contribution in [0.2, 0.25) is 5.28 Å². The molecule has 1 heterocycles. The largest absolute Gasteiger partial charge is 0.504 e. The fourth-order valence-electron chi connectivity index (χ4n) is 3.56. The number of carbonyl (C=O) groups excluding carboxylic acids is 1. The normalized spacial score (nSPS) is 11.7. The van der Waals surface area contributed by atoms with Gasteiger partial charge in [-0.15, -0.1) is 10.2 Å². The number of aryl methyl sites for hydroxylation is 1. The smallest absolute Gasteiger partial charge is 0.294 e. The van der Waals surface area contributed by atoms with Crippen LogP contribution in [0, 0.1) is 6.92 Å². The molecule has 0 unspecified atom stereocenters. The number of hydrogen-bond acceptors (Lipinski definition) is 13. The van der Waals surface area contributed by atoms with Crippen molar-refractivity contribution in [3.63, 3.8) is 0 Å². The Labute approximate surface area is 265 Å². The van der Waals surface area contributed by atoms with E-state index in [9.17, 15) is 22.9 Å². The number of phenols is 1. The summed E-state index contributed by atoms with van der Waals surface area (Å²) in [5.41, 5.74) is 9.66. The predicted molar refractivity (Wildman–Crippen MR) is 175 cm³/mol. The maximum atomic E-state index is 12.1. The number of nitrogens with zero attached hydrogens (tertiary/aromatic N) is 6. The van der Waals surface area contributed by atoms with Crippen molar-refractivity contribution in [1.82, 2.24) is 15.0 Å². The van der Waals surface area contributed by atoms with Crippen LogP contribution in [0.4, 0.5) is 29.0 Å². The molecule has 4 radical (unpaired) electrons. The van der Waals surface area contributed by atoms with E-state index in [1.165, 1.54) is 0 Å². The summed E-state index contributed by atoms with van der Waals surface area (Å²) < 4.78 is 34.0. The molecule has 0 amide bonds. The van der Waals surface area contributed by atoms with Crippen molar-refractivity contribution in [2.24, 2.45) is 21.0 Å². The number of amidine groups is 1. The summed E-state index contributed by atoms with van der Waals surface area (Å²) in [6, 6.07) is 15.4. The number of aromatic hydroxyl groups is 1. The van der Waals surface area contributed by atoms with Gasteiger partial charge in [0.25, 0.3) is 17.0 Å². The van der Waals surface area contributed by atoms with Crippen LogP contribution in [0.5, 0.6) is 5.75 Å². The molecule has 0 bridgehead atoms. The third-order valence-corrected chi connectivity index (χ3v) is 6.83. The molecule has 0 aliphatic carbocycles. The van der Waals surface area contributed by atoms with Gasteiger partial charge in [-0.2, -0.15) is 28.5 Å². The SMILES string of the molecule is [B]B([B])B(N)Nc1nc(Cl)nc(Nc2cc(S(=O)(=O)O)cc(NN=C(N=Nc3cc(C)ccc3C=O)c3ccccc3)c2O)n1. The van der Waals surface area contributed by atoms with E-state index in [1.807, 2.05) is 6.92 Å². The minimum atomic E-state index is -4.80. The molecule has 0 saturated heterocycles. The van der Waals surface area contributed by atoms with Crippen molar-refractivity contribution in [3.05, 3.63) is 82.6 Å². The molecule has 0 fully saturated rings. The summed E-state index contributed by atoms with van der Waals surface area (Å²) in [7, 11) is 6.29. The number of nitrogens with two attached hydrogens (primary N) is 1. The van der Waals surface area contributed by atoms with Gasteiger partial charge in [0.1, 0.15) is 5.69 Å². The van der Waals surface area contributed by atoms with E-state index in [4.69, 9.17) is 32.7 Å². The molecule has 4 rings (SSSR count). The second kappa shape index (κ2) is 14.3. The zero-order valence-corrected chi connectivity index (χ0v) is 24.9. The molecule has 0 spiro atoms. The number of nitrogens with one attached hydrogen (secondary N) is 3. The highest BCUT2D eigenvalue weighted by atomic mass is 35.5. The number of hydrogen-bond donors (Lipinski definition) is 6. The maximum absolute atomic E-state index is 12.1. The van der Waals surface area contributed by atoms with Gasteiger partial charge in [-0.05, 0) is 48.4 Å². The first-order valence-electron chi connectivity index (χ1n) is 12.8. The summed E-state index contributed by atoms with van der Waals surface area (Å²) in [4.78, 5) is 22.7. The van der Waals surface area contributed by atoms with Crippen LogP contribution in [0.1, 0.15) is 21.5 Å². The van der Waals surface area contributed by atoms with E-state index >= 15 is 0 Å². The van der Waals surface area contributed by atoms with Gasteiger partial charge in [-0.25, -0.2) is 0 Å². The lowest BCUT2D eigenvalue weighted by Gasteiger charge is -2.15. The Kier molecular flexibility index (Phi) is 10.6. The lowest BCUT2D eigenvalue weighted by atomic mass is 9.00. The summed E-state index contributed by atoms with van der Waals surface area (Å²) in [5.74, 6) is -0.961. The highest BCUT2D eigenvalue weighted by molar-refractivity contribution is 7.85. The number of anilines is 4. The zero-order valence-electron chi connectivity index (χ0n) is 23.3. The van der Waals surface area contributed by atoms with E-state index in [1.54, 1.807) is 48.5 Å². The molecule has 21 heteroatoms. The quantitative estimate of drug-likeness (QED) is 0.0203. The monoisotopic (exact) mass is 640 g/mol. The van der Waals surface area contributed by atoms with E-state index in [-0.39, 0.29) is 40.1 Å². The standard InChI is InChI=1S/C24H21B4ClN10O5S/c1-13-7-8-15(12-40)17(9-13)36-38-21(14-5-3-2-4-6-14)39-37-19-11-16(45(42,43)44)10-18(20(19)41)31-23-32-22(29)33-24(34-23)35-28(30)27(25)26/h2-12,37,41H,30H2,1H3,(H,42,43,44)(H2,31,32,33,34,35). The number of hydrazone groups is 1. The minimum absolute atomic E-state index is 0.00506. The Balaban J connectivity index is 1.74. The minimum Gasteiger partial charge on any atom is -0.504 e. The lowest BCUT2D eigenvalue weighted by molar-refractivity contribution is 0.112. The van der Waals surface area contributed by atoms with Gasteiger partial charge in [0.2, 0.25) is 23.0 Å². The van der Waals surface area contributed by atoms with Crippen molar-refractivity contribution in [2.45, 2.75) is 11.8 Å². The van der Waals surface area contributed by atoms with Gasteiger partial charge in [0, 0.05) is 26.6 Å². The van der Waals surface area contributed by atoms with Crippen molar-refractivity contribution < 1.29 is 22.9 Å². The molecule has 0 aliphatic rings. The molecule has 15 nitrogen and oxygen atoms in total. The van der Waals surface area contributed by atoms with Crippen LogP contribution in [0.3, 0.4) is 0 Å². The number of azo groups is 1. The lowest BCUT2D eigenvalue weighted by Crippen LogP contribution is -2.52. The van der Waals surface area contributed by atoms with Gasteiger partial charge < -0.3 is 21.3 Å². The molecular formula is C24H21B4ClN10O5S. The van der Waals surface area contributed by atoms with Crippen LogP contribution in [-0.4, -0.2) is 73.9 Å². The Morgan fingerprint density at radius 2 is 1.73 bits per heavy atom. The zero-order chi connectivity index (χ0) is 32.7. The highest BCUT2D eigenvalue weighted by Crippen LogP contribution is 2.37. The summed E-state index contributed by atoms with van der Waals surface area (Å²) >= 11 is 5.99. The van der Waals surface area contributed by atoms with Gasteiger partial charge in [0.15, 0.2) is 12.0 Å². The van der Waals surface area contributed by atoms with Gasteiger partial charge in [-0.3, -0.25) is 14.8 Å². The Bertz CT molecular complexity index is 1890. The molecule has 222 valence electrons. The number of benzene rings is 3. The second-order valence-electron chi connectivity index (χ2n) is 9.26. The third-order valence-electron chi connectivity index (χ3n) is 5.83. The first-order valence-corrected chi connectivity index (χ1v) is 14.6. The number of aromatic nitrogens is 3. The van der Waals surface area contributed by atoms with Crippen molar-refractivity contribution in [1.29, 1.82) is 0 Å². The molecule has 45 heavy (non-hydrogen) atoms. The Morgan fingerprint density at radius 3 is 2.40 bits per heavy atom. The summed E-state index contributed by atoms with van der Waals surface area (Å²) in [6.45, 7) is 0.859. The number of rotatable bonds is 11. The van der Waals surface area contributed by atoms with Gasteiger partial charge in [0.05, 0.1) is 22.7 Å². The number of carbonyl (C=O) groups is 1. The third kappa shape index (κ3) is 8.88. The molecule has 0 aliphatic heterocycles. The van der Waals surface area contributed by atoms with E-state index in [0.717, 1.165) is 17.7 Å². The molecule has 1 aromatic heterocycles. The maximum Gasteiger partial charge on any atom is 0.294 e. The average molecular weight is 640 g/mol. The van der Waals surface area contributed by atoms with Gasteiger partial charge >= 0.3 is 0 Å². The Morgan fingerprint density at radius 1 is 1.04 bits per heavy atom. The summed E-state index contributed by atoms with van der Waals surface area (Å²) in [6.07, 6.45) is -0.343. The molecule has 0 atom stereocenters. The summed E-state index contributed by atoms with van der Waals surface area (Å²) in [5, 5.41) is 28.6. The molecule has 7 N–H and O–H groups in total. The van der Waals surface area contributed by atoms with E-state index in [2.05, 4.69) is 46.3 Å². The topological polar surface area (TPSA) is 230 Å². The van der Waals surface area contributed by atoms with Crippen LogP contribution in [-0.2, 0) is 10.1 Å². The average Bonchev–Trinajstić information content (AvgIpc) is 2.98. The number of halogens is 1. The first kappa shape index (κ1) is 33.1. The van der Waals surface area contributed by atoms with Crippen LogP contribution >= 0.6 is 11.6 Å². The first-order chi connectivity index (χ1) is 21.3. The van der Waals surface area contributed by atoms with Crippen molar-refractivity contribution in [3.8, 4) is 5.75 Å². The second-order valence-corrected chi connectivity index (χ2v) is 11.0. The Hall–Kier alpha value is -4.77. The molecule has 4 aromatic rings. The van der Waals surface area contributed by atoms with E-state index < -0.39 is 34.0 Å². The molecule has 3 aromatic carbocycles. The van der Waals surface area contributed by atoms with Crippen LogP contribution in [0.15, 0.2) is 80.9 Å². The van der Waals surface area contributed by atoms with Crippen LogP contribution in [0.25, 0.3) is 0 Å². The molecular weight excluding hydrogens is 619 g/mol.